The van der Waals surface area contributed by atoms with E-state index in [1.54, 1.807) is 6.92 Å². The number of cyclic esters (lactones) is 1. The minimum absolute atomic E-state index is 0.0292. The number of carbonyl (C=O) groups excluding carboxylic acids is 1. The van der Waals surface area contributed by atoms with Crippen LogP contribution in [0.1, 0.15) is 18.1 Å². The maximum Gasteiger partial charge on any atom is 0.416 e. The highest BCUT2D eigenvalue weighted by atomic mass is 19.4. The van der Waals surface area contributed by atoms with Gasteiger partial charge in [-0.15, -0.1) is 0 Å². The number of amides is 1. The van der Waals surface area contributed by atoms with Gasteiger partial charge in [0.05, 0.1) is 12.1 Å². The fourth-order valence-electron chi connectivity index (χ4n) is 2.01. The van der Waals surface area contributed by atoms with E-state index in [0.29, 0.717) is 0 Å². The normalized spacial score (nSPS) is 23.7. The van der Waals surface area contributed by atoms with Crippen molar-refractivity contribution in [1.29, 1.82) is 0 Å². The molecule has 1 aliphatic rings. The number of alkyl carbamates (subject to hydrolysis) is 1. The molecule has 6 heteroatoms. The number of nitrogens with one attached hydrogen (secondary N) is 1. The fourth-order valence-corrected chi connectivity index (χ4v) is 2.01. The number of ether oxygens (including phenoxy) is 1. The summed E-state index contributed by atoms with van der Waals surface area (Å²) >= 11 is 0. The summed E-state index contributed by atoms with van der Waals surface area (Å²) in [5, 5.41) is 2.45. The van der Waals surface area contributed by atoms with E-state index in [2.05, 4.69) is 5.32 Å². The van der Waals surface area contributed by atoms with Gasteiger partial charge in [0.25, 0.3) is 0 Å². The molecular weight excluding hydrogens is 247 g/mol. The van der Waals surface area contributed by atoms with E-state index >= 15 is 0 Å². The number of rotatable bonds is 2. The molecule has 1 aromatic carbocycles. The zero-order valence-corrected chi connectivity index (χ0v) is 9.67. The van der Waals surface area contributed by atoms with Crippen molar-refractivity contribution < 1.29 is 22.7 Å². The maximum atomic E-state index is 12.8. The van der Waals surface area contributed by atoms with E-state index in [9.17, 15) is 18.0 Å². The lowest BCUT2D eigenvalue weighted by molar-refractivity contribution is -0.138. The average molecular weight is 259 g/mol. The molecule has 0 radical (unpaired) electrons. The summed E-state index contributed by atoms with van der Waals surface area (Å²) in [6.45, 7) is 1.82. The molecule has 1 heterocycles. The van der Waals surface area contributed by atoms with Crippen LogP contribution in [0.15, 0.2) is 24.3 Å². The molecule has 1 fully saturated rings. The third-order valence-electron chi connectivity index (χ3n) is 2.83. The van der Waals surface area contributed by atoms with Crippen molar-refractivity contribution in [3.63, 3.8) is 0 Å². The second-order valence-electron chi connectivity index (χ2n) is 4.52. The minimum Gasteiger partial charge on any atom is -0.441 e. The lowest BCUT2D eigenvalue weighted by Gasteiger charge is -2.23. The van der Waals surface area contributed by atoms with Gasteiger partial charge in [-0.25, -0.2) is 4.79 Å². The molecule has 1 aliphatic heterocycles. The Labute approximate surface area is 102 Å². The summed E-state index contributed by atoms with van der Waals surface area (Å²) in [4.78, 5) is 11.0. The molecule has 18 heavy (non-hydrogen) atoms. The summed E-state index contributed by atoms with van der Waals surface area (Å²) in [5.74, 6) is 0. The Kier molecular flexibility index (Phi) is 2.96. The molecule has 0 spiro atoms. The molecule has 0 saturated carbocycles. The van der Waals surface area contributed by atoms with Crippen molar-refractivity contribution in [3.8, 4) is 0 Å². The number of hydrogen-bond acceptors (Lipinski definition) is 2. The minimum atomic E-state index is -4.40. The Morgan fingerprint density at radius 3 is 2.61 bits per heavy atom. The summed E-state index contributed by atoms with van der Waals surface area (Å²) in [7, 11) is 0. The van der Waals surface area contributed by atoms with Crippen LogP contribution in [0.4, 0.5) is 18.0 Å². The predicted molar refractivity (Wildman–Crippen MR) is 58.0 cm³/mol. The number of halogens is 3. The molecule has 0 bridgehead atoms. The lowest BCUT2D eigenvalue weighted by Crippen LogP contribution is -2.32. The maximum absolute atomic E-state index is 12.8. The van der Waals surface area contributed by atoms with Crippen LogP contribution in [0, 0.1) is 0 Å². The van der Waals surface area contributed by atoms with E-state index in [-0.39, 0.29) is 18.5 Å². The zero-order chi connectivity index (χ0) is 13.4. The molecule has 3 nitrogen and oxygen atoms in total. The Bertz CT molecular complexity index is 473. The molecule has 0 aliphatic carbocycles. The first-order valence-electron chi connectivity index (χ1n) is 5.42. The lowest BCUT2D eigenvalue weighted by atomic mass is 9.93. The smallest absolute Gasteiger partial charge is 0.416 e. The molecule has 1 unspecified atom stereocenters. The van der Waals surface area contributed by atoms with Gasteiger partial charge in [0.1, 0.15) is 5.60 Å². The summed E-state index contributed by atoms with van der Waals surface area (Å²) in [6.07, 6.45) is -4.97. The van der Waals surface area contributed by atoms with E-state index in [4.69, 9.17) is 4.74 Å². The van der Waals surface area contributed by atoms with Crippen molar-refractivity contribution in [2.45, 2.75) is 25.1 Å². The van der Waals surface area contributed by atoms with E-state index in [1.165, 1.54) is 18.2 Å². The van der Waals surface area contributed by atoms with Crippen molar-refractivity contribution >= 4 is 6.09 Å². The predicted octanol–water partition coefficient (Wildman–Crippen LogP) is 2.75. The average Bonchev–Trinajstić information content (AvgIpc) is 2.57. The second-order valence-corrected chi connectivity index (χ2v) is 4.52. The van der Waals surface area contributed by atoms with Crippen molar-refractivity contribution in [3.05, 3.63) is 35.4 Å². The summed E-state index contributed by atoms with van der Waals surface area (Å²) in [6, 6.07) is 5.31. The summed E-state index contributed by atoms with van der Waals surface area (Å²) in [5.41, 5.74) is -1.49. The monoisotopic (exact) mass is 259 g/mol. The zero-order valence-electron chi connectivity index (χ0n) is 9.67. The molecule has 1 saturated heterocycles. The first-order chi connectivity index (χ1) is 8.30. The van der Waals surface area contributed by atoms with Crippen LogP contribution >= 0.6 is 0 Å². The van der Waals surface area contributed by atoms with Crippen molar-refractivity contribution in [1.82, 2.24) is 5.32 Å². The molecule has 1 N–H and O–H groups in total. The van der Waals surface area contributed by atoms with Crippen LogP contribution in [-0.4, -0.2) is 18.2 Å². The van der Waals surface area contributed by atoms with Gasteiger partial charge in [-0.1, -0.05) is 18.2 Å². The number of carbonyl (C=O) groups is 1. The first kappa shape index (κ1) is 12.7. The van der Waals surface area contributed by atoms with Crippen molar-refractivity contribution in [2.24, 2.45) is 0 Å². The molecule has 0 aromatic heterocycles. The van der Waals surface area contributed by atoms with Crippen LogP contribution in [0.5, 0.6) is 0 Å². The van der Waals surface area contributed by atoms with Gasteiger partial charge in [-0.05, 0) is 18.6 Å². The van der Waals surface area contributed by atoms with Crippen LogP contribution in [-0.2, 0) is 17.3 Å². The fraction of sp³-hybridized carbons (Fsp3) is 0.417. The number of benzene rings is 1. The molecule has 1 atom stereocenters. The Balaban J connectivity index is 2.27. The summed E-state index contributed by atoms with van der Waals surface area (Å²) < 4.78 is 43.4. The van der Waals surface area contributed by atoms with Crippen LogP contribution in [0.3, 0.4) is 0 Å². The van der Waals surface area contributed by atoms with E-state index < -0.39 is 23.4 Å². The van der Waals surface area contributed by atoms with Gasteiger partial charge in [-0.2, -0.15) is 13.2 Å². The van der Waals surface area contributed by atoms with Crippen LogP contribution < -0.4 is 5.32 Å². The Morgan fingerprint density at radius 1 is 1.39 bits per heavy atom. The SMILES string of the molecule is CC1(Cc2ccccc2C(F)(F)F)CNC(=O)O1. The van der Waals surface area contributed by atoms with Crippen molar-refractivity contribution in [2.75, 3.05) is 6.54 Å². The third-order valence-corrected chi connectivity index (χ3v) is 2.83. The third kappa shape index (κ3) is 2.57. The van der Waals surface area contributed by atoms with E-state index in [0.717, 1.165) is 6.07 Å². The van der Waals surface area contributed by atoms with Gasteiger partial charge in [-0.3, -0.25) is 0 Å². The van der Waals surface area contributed by atoms with Gasteiger partial charge in [0.2, 0.25) is 0 Å². The first-order valence-corrected chi connectivity index (χ1v) is 5.42. The van der Waals surface area contributed by atoms with E-state index in [1.807, 2.05) is 0 Å². The van der Waals surface area contributed by atoms with Gasteiger partial charge >= 0.3 is 12.3 Å². The highest BCUT2D eigenvalue weighted by Gasteiger charge is 2.39. The highest BCUT2D eigenvalue weighted by molar-refractivity contribution is 5.70. The molecule has 1 amide bonds. The largest absolute Gasteiger partial charge is 0.441 e. The Morgan fingerprint density at radius 2 is 2.06 bits per heavy atom. The van der Waals surface area contributed by atoms with Crippen LogP contribution in [0.25, 0.3) is 0 Å². The molecular formula is C12H12F3NO2. The highest BCUT2D eigenvalue weighted by Crippen LogP contribution is 2.34. The van der Waals surface area contributed by atoms with Gasteiger partial charge in [0.15, 0.2) is 0 Å². The second kappa shape index (κ2) is 4.19. The van der Waals surface area contributed by atoms with Crippen LogP contribution in [0.2, 0.25) is 0 Å². The standard InChI is InChI=1S/C12H12F3NO2/c1-11(7-16-10(17)18-11)6-8-4-2-3-5-9(8)12(13,14)15/h2-5H,6-7H2,1H3,(H,16,17). The quantitative estimate of drug-likeness (QED) is 0.886. The number of alkyl halides is 3. The van der Waals surface area contributed by atoms with Gasteiger partial charge in [0, 0.05) is 6.42 Å². The molecule has 2 rings (SSSR count). The van der Waals surface area contributed by atoms with Gasteiger partial charge < -0.3 is 10.1 Å². The molecule has 98 valence electrons. The Hall–Kier alpha value is -1.72. The number of hydrogen-bond donors (Lipinski definition) is 1. The molecule has 1 aromatic rings. The topological polar surface area (TPSA) is 38.3 Å².